The van der Waals surface area contributed by atoms with Crippen LogP contribution in [0, 0.1) is 0 Å². The fourth-order valence-electron chi connectivity index (χ4n) is 2.54. The first-order valence-corrected chi connectivity index (χ1v) is 9.12. The highest BCUT2D eigenvalue weighted by Crippen LogP contribution is 2.24. The third-order valence-corrected chi connectivity index (χ3v) is 5.20. The summed E-state index contributed by atoms with van der Waals surface area (Å²) in [5, 5.41) is 4.25. The van der Waals surface area contributed by atoms with E-state index in [2.05, 4.69) is 19.5 Å². The van der Waals surface area contributed by atoms with Crippen LogP contribution in [0.2, 0.25) is 0 Å². The molecular formula is C15H20N4O5S. The van der Waals surface area contributed by atoms with Gasteiger partial charge in [-0.15, -0.1) is 0 Å². The van der Waals surface area contributed by atoms with Gasteiger partial charge in [-0.3, -0.25) is 14.2 Å². The highest BCUT2D eigenvalue weighted by Gasteiger charge is 2.27. The lowest BCUT2D eigenvalue weighted by atomic mass is 10.2. The largest absolute Gasteiger partial charge is 0.465 e. The van der Waals surface area contributed by atoms with Crippen LogP contribution in [0.3, 0.4) is 0 Å². The van der Waals surface area contributed by atoms with Gasteiger partial charge in [0.15, 0.2) is 0 Å². The number of aromatic nitrogens is 3. The fraction of sp³-hybridized carbons (Fsp3) is 0.400. The number of rotatable bonds is 6. The van der Waals surface area contributed by atoms with E-state index in [1.807, 2.05) is 13.8 Å². The summed E-state index contributed by atoms with van der Waals surface area (Å²) in [5.74, 6) is -0.854. The molecule has 2 N–H and O–H groups in total. The van der Waals surface area contributed by atoms with Crippen LogP contribution in [0.15, 0.2) is 22.0 Å². The quantitative estimate of drug-likeness (QED) is 0.728. The van der Waals surface area contributed by atoms with Gasteiger partial charge < -0.3 is 9.72 Å². The van der Waals surface area contributed by atoms with Crippen molar-refractivity contribution in [2.24, 2.45) is 7.05 Å². The Morgan fingerprint density at radius 1 is 1.36 bits per heavy atom. The molecule has 0 unspecified atom stereocenters. The molecule has 0 fully saturated rings. The average Bonchev–Trinajstić information content (AvgIpc) is 2.92. The molecule has 0 atom stereocenters. The molecule has 25 heavy (non-hydrogen) atoms. The predicted molar refractivity (Wildman–Crippen MR) is 91.2 cm³/mol. The first kappa shape index (κ1) is 18.7. The molecule has 0 aromatic carbocycles. The summed E-state index contributed by atoms with van der Waals surface area (Å²) in [6, 6.07) is 1.13. The van der Waals surface area contributed by atoms with E-state index in [1.54, 1.807) is 11.7 Å². The molecule has 0 aliphatic heterocycles. The minimum absolute atomic E-state index is 0.0490. The number of sulfonamides is 1. The minimum Gasteiger partial charge on any atom is -0.465 e. The number of H-pyrrole nitrogens is 1. The fourth-order valence-corrected chi connectivity index (χ4v) is 4.15. The number of aryl methyl sites for hydroxylation is 2. The van der Waals surface area contributed by atoms with E-state index >= 15 is 0 Å². The normalized spacial score (nSPS) is 11.4. The zero-order chi connectivity index (χ0) is 18.8. The van der Waals surface area contributed by atoms with Crippen LogP contribution in [-0.2, 0) is 34.6 Å². The molecule has 2 aromatic heterocycles. The van der Waals surface area contributed by atoms with Crippen LogP contribution in [0.5, 0.6) is 0 Å². The highest BCUT2D eigenvalue weighted by molar-refractivity contribution is 7.92. The Morgan fingerprint density at radius 3 is 2.60 bits per heavy atom. The van der Waals surface area contributed by atoms with Crippen LogP contribution in [0.25, 0.3) is 0 Å². The second-order valence-corrected chi connectivity index (χ2v) is 6.90. The van der Waals surface area contributed by atoms with Crippen molar-refractivity contribution in [3.05, 3.63) is 39.6 Å². The lowest BCUT2D eigenvalue weighted by molar-refractivity contribution is 0.0598. The smallest absolute Gasteiger partial charge is 0.343 e. The van der Waals surface area contributed by atoms with E-state index in [9.17, 15) is 18.0 Å². The summed E-state index contributed by atoms with van der Waals surface area (Å²) in [7, 11) is -1.13. The maximum atomic E-state index is 12.8. The van der Waals surface area contributed by atoms with E-state index < -0.39 is 21.6 Å². The Labute approximate surface area is 145 Å². The standard InChI is InChI=1S/C15H20N4O5S/c1-5-11-13(12(6-2)19(3)17-11)25(22,23)18-9-7-10(15(21)24-4)14(20)16-8-9/h7-8,18H,5-6H2,1-4H3,(H,16,20). The van der Waals surface area contributed by atoms with Gasteiger partial charge in [0.05, 0.1) is 24.2 Å². The summed E-state index contributed by atoms with van der Waals surface area (Å²) >= 11 is 0. The molecule has 2 aromatic rings. The Balaban J connectivity index is 2.51. The molecular weight excluding hydrogens is 348 g/mol. The topological polar surface area (TPSA) is 123 Å². The number of esters is 1. The number of ether oxygens (including phenoxy) is 1. The van der Waals surface area contributed by atoms with Crippen molar-refractivity contribution in [3.8, 4) is 0 Å². The van der Waals surface area contributed by atoms with E-state index in [0.29, 0.717) is 24.2 Å². The number of hydrogen-bond acceptors (Lipinski definition) is 6. The second-order valence-electron chi connectivity index (χ2n) is 5.28. The van der Waals surface area contributed by atoms with Crippen molar-refractivity contribution in [2.75, 3.05) is 11.8 Å². The number of hydrogen-bond donors (Lipinski definition) is 2. The summed E-state index contributed by atoms with van der Waals surface area (Å²) in [4.78, 5) is 25.7. The number of nitrogens with one attached hydrogen (secondary N) is 2. The third kappa shape index (κ3) is 3.58. The van der Waals surface area contributed by atoms with Crippen LogP contribution >= 0.6 is 0 Å². The molecule has 2 heterocycles. The molecule has 0 saturated carbocycles. The molecule has 136 valence electrons. The van der Waals surface area contributed by atoms with Gasteiger partial charge in [-0.25, -0.2) is 13.2 Å². The highest BCUT2D eigenvalue weighted by atomic mass is 32.2. The van der Waals surface area contributed by atoms with Gasteiger partial charge in [0, 0.05) is 13.2 Å². The van der Waals surface area contributed by atoms with Crippen molar-refractivity contribution in [2.45, 2.75) is 31.6 Å². The first-order valence-electron chi connectivity index (χ1n) is 7.63. The van der Waals surface area contributed by atoms with Crippen LogP contribution < -0.4 is 10.3 Å². The molecule has 0 aliphatic carbocycles. The molecule has 0 spiro atoms. The second kappa shape index (κ2) is 7.09. The summed E-state index contributed by atoms with van der Waals surface area (Å²) in [5.41, 5.74) is 0.111. The van der Waals surface area contributed by atoms with Gasteiger partial charge >= 0.3 is 5.97 Å². The maximum absolute atomic E-state index is 12.8. The lowest BCUT2D eigenvalue weighted by Crippen LogP contribution is -2.21. The van der Waals surface area contributed by atoms with Crippen LogP contribution in [0.1, 0.15) is 35.6 Å². The number of carbonyl (C=O) groups excluding carboxylic acids is 1. The lowest BCUT2D eigenvalue weighted by Gasteiger charge is -2.10. The molecule has 9 nitrogen and oxygen atoms in total. The SMILES string of the molecule is CCc1nn(C)c(CC)c1S(=O)(=O)Nc1c[nH]c(=O)c(C(=O)OC)c1. The van der Waals surface area contributed by atoms with E-state index in [1.165, 1.54) is 6.20 Å². The molecule has 2 rings (SSSR count). The van der Waals surface area contributed by atoms with Gasteiger partial charge in [0.25, 0.3) is 15.6 Å². The van der Waals surface area contributed by atoms with E-state index in [-0.39, 0.29) is 16.1 Å². The number of anilines is 1. The van der Waals surface area contributed by atoms with Crippen molar-refractivity contribution >= 4 is 21.7 Å². The molecule has 10 heteroatoms. The Hall–Kier alpha value is -2.62. The third-order valence-electron chi connectivity index (χ3n) is 3.68. The van der Waals surface area contributed by atoms with Gasteiger partial charge in [0.2, 0.25) is 0 Å². The van der Waals surface area contributed by atoms with Gasteiger partial charge in [-0.1, -0.05) is 13.8 Å². The molecule has 0 saturated heterocycles. The molecule has 0 bridgehead atoms. The number of nitrogens with zero attached hydrogens (tertiary/aromatic N) is 2. The number of carbonyl (C=O) groups is 1. The first-order chi connectivity index (χ1) is 11.7. The molecule has 0 amide bonds. The summed E-state index contributed by atoms with van der Waals surface area (Å²) in [6.07, 6.45) is 2.11. The van der Waals surface area contributed by atoms with Crippen molar-refractivity contribution in [3.63, 3.8) is 0 Å². The Morgan fingerprint density at radius 2 is 2.04 bits per heavy atom. The van der Waals surface area contributed by atoms with Crippen LogP contribution in [0.4, 0.5) is 5.69 Å². The van der Waals surface area contributed by atoms with Crippen molar-refractivity contribution in [1.29, 1.82) is 0 Å². The average molecular weight is 368 g/mol. The predicted octanol–water partition coefficient (Wildman–Crippen LogP) is 0.821. The number of methoxy groups -OCH3 is 1. The minimum atomic E-state index is -3.95. The molecule has 0 aliphatic rings. The number of aromatic amines is 1. The summed E-state index contributed by atoms with van der Waals surface area (Å²) in [6.45, 7) is 3.65. The Kier molecular flexibility index (Phi) is 5.31. The maximum Gasteiger partial charge on any atom is 0.343 e. The van der Waals surface area contributed by atoms with Gasteiger partial charge in [-0.2, -0.15) is 5.10 Å². The monoisotopic (exact) mass is 368 g/mol. The van der Waals surface area contributed by atoms with Crippen molar-refractivity contribution in [1.82, 2.24) is 14.8 Å². The number of pyridine rings is 1. The molecule has 0 radical (unpaired) electrons. The van der Waals surface area contributed by atoms with Crippen molar-refractivity contribution < 1.29 is 17.9 Å². The summed E-state index contributed by atoms with van der Waals surface area (Å²) < 4.78 is 34.1. The zero-order valence-corrected chi connectivity index (χ0v) is 15.2. The van der Waals surface area contributed by atoms with Gasteiger partial charge in [0.1, 0.15) is 10.5 Å². The van der Waals surface area contributed by atoms with E-state index in [0.717, 1.165) is 13.2 Å². The van der Waals surface area contributed by atoms with E-state index in [4.69, 9.17) is 0 Å². The van der Waals surface area contributed by atoms with Gasteiger partial charge in [-0.05, 0) is 18.9 Å². The zero-order valence-electron chi connectivity index (χ0n) is 14.4. The van der Waals surface area contributed by atoms with Crippen LogP contribution in [-0.4, -0.2) is 36.3 Å². The Bertz CT molecular complexity index is 959.